The predicted molar refractivity (Wildman–Crippen MR) is 109 cm³/mol. The zero-order chi connectivity index (χ0) is 19.5. The van der Waals surface area contributed by atoms with Gasteiger partial charge in [-0.2, -0.15) is 0 Å². The molecule has 1 fully saturated rings. The van der Waals surface area contributed by atoms with Crippen molar-refractivity contribution in [3.05, 3.63) is 59.1 Å². The fraction of sp³-hybridized carbons (Fsp3) is 0.286. The number of amides is 2. The number of nitrogens with two attached hydrogens (primary N) is 1. The van der Waals surface area contributed by atoms with Crippen LogP contribution < -0.4 is 10.5 Å². The van der Waals surface area contributed by atoms with E-state index < -0.39 is 5.91 Å². The minimum Gasteiger partial charge on any atom is -0.484 e. The maximum Gasteiger partial charge on any atom is 0.255 e. The first-order valence-corrected chi connectivity index (χ1v) is 10.1. The van der Waals surface area contributed by atoms with E-state index in [1.165, 1.54) is 4.70 Å². The third-order valence-electron chi connectivity index (χ3n) is 4.90. The Morgan fingerprint density at radius 2 is 1.93 bits per heavy atom. The lowest BCUT2D eigenvalue weighted by Crippen LogP contribution is -2.37. The first kappa shape index (κ1) is 18.4. The zero-order valence-corrected chi connectivity index (χ0v) is 16.2. The smallest absolute Gasteiger partial charge is 0.255 e. The summed E-state index contributed by atoms with van der Waals surface area (Å²) in [4.78, 5) is 30.3. The predicted octanol–water partition coefficient (Wildman–Crippen LogP) is 3.18. The number of likely N-dealkylation sites (tertiary alicyclic amines) is 1. The van der Waals surface area contributed by atoms with Crippen LogP contribution in [0.1, 0.15) is 34.1 Å². The average Bonchev–Trinajstić information content (AvgIpc) is 3.16. The Hall–Kier alpha value is -2.93. The molecular weight excluding hydrogens is 374 g/mol. The highest BCUT2D eigenvalue weighted by molar-refractivity contribution is 7.18. The van der Waals surface area contributed by atoms with E-state index in [0.717, 1.165) is 23.4 Å². The van der Waals surface area contributed by atoms with Gasteiger partial charge in [0.25, 0.3) is 11.8 Å². The van der Waals surface area contributed by atoms with Crippen molar-refractivity contribution >= 4 is 33.4 Å². The molecule has 0 spiro atoms. The molecule has 28 heavy (non-hydrogen) atoms. The van der Waals surface area contributed by atoms with Gasteiger partial charge >= 0.3 is 0 Å². The van der Waals surface area contributed by atoms with Crippen molar-refractivity contribution in [3.8, 4) is 5.75 Å². The molecule has 4 rings (SSSR count). The van der Waals surface area contributed by atoms with Crippen molar-refractivity contribution in [3.63, 3.8) is 0 Å². The van der Waals surface area contributed by atoms with Crippen LogP contribution in [0.5, 0.6) is 5.75 Å². The van der Waals surface area contributed by atoms with Crippen molar-refractivity contribution in [1.82, 2.24) is 9.88 Å². The number of primary amides is 1. The Kier molecular flexibility index (Phi) is 5.25. The molecule has 0 unspecified atom stereocenters. The van der Waals surface area contributed by atoms with E-state index >= 15 is 0 Å². The number of hydrogen-bond acceptors (Lipinski definition) is 5. The summed E-state index contributed by atoms with van der Waals surface area (Å²) >= 11 is 1.75. The second-order valence-electron chi connectivity index (χ2n) is 6.87. The number of thiazole rings is 1. The second kappa shape index (κ2) is 7.98. The molecule has 0 bridgehead atoms. The van der Waals surface area contributed by atoms with E-state index in [2.05, 4.69) is 6.07 Å². The quantitative estimate of drug-likeness (QED) is 0.719. The summed E-state index contributed by atoms with van der Waals surface area (Å²) in [5, 5.41) is 1.16. The summed E-state index contributed by atoms with van der Waals surface area (Å²) < 4.78 is 6.51. The minimum absolute atomic E-state index is 0.0210. The number of hydrogen-bond donors (Lipinski definition) is 1. The molecule has 1 aliphatic rings. The fourth-order valence-electron chi connectivity index (χ4n) is 3.45. The molecule has 1 aliphatic heterocycles. The molecule has 1 saturated heterocycles. The first-order valence-electron chi connectivity index (χ1n) is 9.26. The zero-order valence-electron chi connectivity index (χ0n) is 15.3. The van der Waals surface area contributed by atoms with Gasteiger partial charge in [0.1, 0.15) is 5.75 Å². The van der Waals surface area contributed by atoms with Gasteiger partial charge in [0.05, 0.1) is 15.2 Å². The van der Waals surface area contributed by atoms with E-state index in [1.54, 1.807) is 35.6 Å². The molecule has 2 amide bonds. The van der Waals surface area contributed by atoms with Crippen LogP contribution in [-0.2, 0) is 4.79 Å². The first-order chi connectivity index (χ1) is 13.6. The van der Waals surface area contributed by atoms with Crippen LogP contribution in [0.4, 0.5) is 0 Å². The number of para-hydroxylation sites is 1. The molecule has 3 aromatic rings. The topological polar surface area (TPSA) is 85.5 Å². The molecule has 2 aromatic carbocycles. The summed E-state index contributed by atoms with van der Waals surface area (Å²) in [7, 11) is 0. The van der Waals surface area contributed by atoms with Crippen molar-refractivity contribution in [2.75, 3.05) is 19.7 Å². The van der Waals surface area contributed by atoms with Crippen LogP contribution in [0.15, 0.2) is 48.5 Å². The minimum atomic E-state index is -0.548. The molecule has 7 heteroatoms. The van der Waals surface area contributed by atoms with Gasteiger partial charge in [-0.15, -0.1) is 11.3 Å². The molecule has 144 valence electrons. The van der Waals surface area contributed by atoms with Gasteiger partial charge < -0.3 is 15.4 Å². The van der Waals surface area contributed by atoms with Crippen LogP contribution in [-0.4, -0.2) is 41.4 Å². The van der Waals surface area contributed by atoms with Crippen molar-refractivity contribution in [2.45, 2.75) is 18.8 Å². The van der Waals surface area contributed by atoms with Crippen LogP contribution >= 0.6 is 11.3 Å². The second-order valence-corrected chi connectivity index (χ2v) is 7.93. The van der Waals surface area contributed by atoms with Crippen molar-refractivity contribution in [2.24, 2.45) is 5.73 Å². The highest BCUT2D eigenvalue weighted by Gasteiger charge is 2.26. The number of rotatable bonds is 5. The third kappa shape index (κ3) is 3.99. The Morgan fingerprint density at radius 3 is 2.68 bits per heavy atom. The van der Waals surface area contributed by atoms with Gasteiger partial charge in [-0.3, -0.25) is 9.59 Å². The summed E-state index contributed by atoms with van der Waals surface area (Å²) in [5.41, 5.74) is 6.70. The van der Waals surface area contributed by atoms with E-state index in [0.29, 0.717) is 30.3 Å². The largest absolute Gasteiger partial charge is 0.484 e. The lowest BCUT2D eigenvalue weighted by atomic mass is 9.97. The molecule has 2 heterocycles. The van der Waals surface area contributed by atoms with Gasteiger partial charge in [-0.05, 0) is 43.2 Å². The number of aromatic nitrogens is 1. The van der Waals surface area contributed by atoms with Crippen LogP contribution in [0.25, 0.3) is 10.2 Å². The summed E-state index contributed by atoms with van der Waals surface area (Å²) in [6, 6.07) is 15.1. The van der Waals surface area contributed by atoms with E-state index in [9.17, 15) is 9.59 Å². The Bertz CT molecular complexity index is 976. The molecular formula is C21H21N3O3S. The molecule has 6 nitrogen and oxygen atoms in total. The summed E-state index contributed by atoms with van der Waals surface area (Å²) in [6.45, 7) is 1.20. The highest BCUT2D eigenvalue weighted by Crippen LogP contribution is 2.34. The van der Waals surface area contributed by atoms with Gasteiger partial charge in [-0.1, -0.05) is 18.2 Å². The third-order valence-corrected chi connectivity index (χ3v) is 6.10. The molecule has 0 atom stereocenters. The van der Waals surface area contributed by atoms with E-state index in [-0.39, 0.29) is 12.5 Å². The lowest BCUT2D eigenvalue weighted by Gasteiger charge is -2.31. The van der Waals surface area contributed by atoms with Crippen LogP contribution in [0.3, 0.4) is 0 Å². The molecule has 0 radical (unpaired) electrons. The molecule has 0 aliphatic carbocycles. The number of nitrogens with zero attached hydrogens (tertiary/aromatic N) is 2. The number of benzene rings is 2. The SMILES string of the molecule is NC(=O)COc1cccc(C(=O)N2CCC(c3nc4ccccc4s3)CC2)c1. The van der Waals surface area contributed by atoms with E-state index in [4.69, 9.17) is 15.5 Å². The molecule has 0 saturated carbocycles. The van der Waals surface area contributed by atoms with Crippen LogP contribution in [0.2, 0.25) is 0 Å². The number of carbonyl (C=O) groups is 2. The Morgan fingerprint density at radius 1 is 1.14 bits per heavy atom. The van der Waals surface area contributed by atoms with E-state index in [1.807, 2.05) is 23.1 Å². The maximum atomic E-state index is 12.8. The lowest BCUT2D eigenvalue weighted by molar-refractivity contribution is -0.119. The number of carbonyl (C=O) groups excluding carboxylic acids is 2. The fourth-order valence-corrected chi connectivity index (χ4v) is 4.59. The molecule has 1 aromatic heterocycles. The van der Waals surface area contributed by atoms with Gasteiger partial charge in [-0.25, -0.2) is 4.98 Å². The normalized spacial score (nSPS) is 14.9. The number of piperidine rings is 1. The monoisotopic (exact) mass is 395 g/mol. The standard InChI is InChI=1S/C21H21N3O3S/c22-19(25)13-27-16-5-3-4-15(12-16)21(26)24-10-8-14(9-11-24)20-23-17-6-1-2-7-18(17)28-20/h1-7,12,14H,8-11,13H2,(H2,22,25). The van der Waals surface area contributed by atoms with Crippen LogP contribution in [0, 0.1) is 0 Å². The Balaban J connectivity index is 1.40. The summed E-state index contributed by atoms with van der Waals surface area (Å²) in [5.74, 6) is 0.293. The van der Waals surface area contributed by atoms with Gasteiger partial charge in [0.15, 0.2) is 6.61 Å². The molecule has 2 N–H and O–H groups in total. The number of fused-ring (bicyclic) bond motifs is 1. The average molecular weight is 395 g/mol. The summed E-state index contributed by atoms with van der Waals surface area (Å²) in [6.07, 6.45) is 1.81. The number of ether oxygens (including phenoxy) is 1. The maximum absolute atomic E-state index is 12.8. The van der Waals surface area contributed by atoms with Crippen molar-refractivity contribution < 1.29 is 14.3 Å². The Labute approximate surface area is 166 Å². The van der Waals surface area contributed by atoms with Gasteiger partial charge in [0, 0.05) is 24.6 Å². The van der Waals surface area contributed by atoms with Crippen molar-refractivity contribution in [1.29, 1.82) is 0 Å². The highest BCUT2D eigenvalue weighted by atomic mass is 32.1. The van der Waals surface area contributed by atoms with Gasteiger partial charge in [0.2, 0.25) is 0 Å².